The third-order valence-corrected chi connectivity index (χ3v) is 3.44. The van der Waals surface area contributed by atoms with Gasteiger partial charge in [-0.2, -0.15) is 0 Å². The normalized spacial score (nSPS) is 17.0. The zero-order valence-corrected chi connectivity index (χ0v) is 11.7. The average molecular weight is 270 g/mol. The molecular weight excluding hydrogens is 250 g/mol. The van der Waals surface area contributed by atoms with Crippen LogP contribution in [-0.2, 0) is 0 Å². The third kappa shape index (κ3) is 3.24. The minimum atomic E-state index is -0.00843. The fraction of sp³-hybridized carbons (Fsp3) is 0.500. The van der Waals surface area contributed by atoms with E-state index in [9.17, 15) is 4.79 Å². The van der Waals surface area contributed by atoms with E-state index in [1.165, 1.54) is 12.8 Å². The van der Waals surface area contributed by atoms with Crippen LogP contribution < -0.4 is 4.74 Å². The molecule has 1 heterocycles. The van der Waals surface area contributed by atoms with Crippen LogP contribution in [0, 0.1) is 0 Å². The molecule has 1 unspecified atom stereocenters. The number of methoxy groups -OCH3 is 1. The summed E-state index contributed by atoms with van der Waals surface area (Å²) in [6.07, 6.45) is 2.42. The van der Waals surface area contributed by atoms with E-state index in [0.29, 0.717) is 0 Å². The quantitative estimate of drug-likeness (QED) is 0.788. The summed E-state index contributed by atoms with van der Waals surface area (Å²) in [6.45, 7) is 4.09. The first-order valence-corrected chi connectivity index (χ1v) is 6.14. The maximum absolute atomic E-state index is 12.2. The highest BCUT2D eigenvalue weighted by atomic mass is 35.5. The van der Waals surface area contributed by atoms with Gasteiger partial charge in [-0.05, 0) is 57.1 Å². The molecule has 2 rings (SSSR count). The number of carbonyl (C=O) groups excluding carboxylic acids is 1. The number of rotatable bonds is 4. The van der Waals surface area contributed by atoms with Crippen LogP contribution in [0.3, 0.4) is 0 Å². The molecule has 0 N–H and O–H groups in total. The Balaban J connectivity index is 0.00000162. The lowest BCUT2D eigenvalue weighted by atomic mass is 10.0. The molecule has 1 aliphatic heterocycles. The number of Topliss-reactive ketones (excluding diaryl/α,β-unsaturated/α-hetero) is 1. The number of ketones is 1. The van der Waals surface area contributed by atoms with E-state index in [0.717, 1.165) is 24.4 Å². The van der Waals surface area contributed by atoms with Crippen molar-refractivity contribution in [3.63, 3.8) is 0 Å². The summed E-state index contributed by atoms with van der Waals surface area (Å²) >= 11 is 0. The topological polar surface area (TPSA) is 29.5 Å². The van der Waals surface area contributed by atoms with Crippen molar-refractivity contribution in [1.82, 2.24) is 4.90 Å². The minimum absolute atomic E-state index is 0. The van der Waals surface area contributed by atoms with Gasteiger partial charge in [-0.15, -0.1) is 12.4 Å². The molecule has 0 spiro atoms. The molecule has 0 bridgehead atoms. The Kier molecular flexibility index (Phi) is 5.63. The Bertz CT molecular complexity index is 385. The summed E-state index contributed by atoms with van der Waals surface area (Å²) in [4.78, 5) is 14.5. The van der Waals surface area contributed by atoms with Gasteiger partial charge in [0.1, 0.15) is 5.75 Å². The van der Waals surface area contributed by atoms with Gasteiger partial charge in [0.05, 0.1) is 13.2 Å². The van der Waals surface area contributed by atoms with Crippen molar-refractivity contribution in [3.8, 4) is 5.75 Å². The van der Waals surface area contributed by atoms with Gasteiger partial charge in [0.15, 0.2) is 5.78 Å². The zero-order valence-electron chi connectivity index (χ0n) is 10.9. The highest BCUT2D eigenvalue weighted by molar-refractivity contribution is 5.99. The van der Waals surface area contributed by atoms with Gasteiger partial charge in [0.25, 0.3) is 0 Å². The Hall–Kier alpha value is -1.06. The number of hydrogen-bond donors (Lipinski definition) is 0. The number of ether oxygens (including phenoxy) is 1. The fourth-order valence-electron chi connectivity index (χ4n) is 2.29. The number of benzene rings is 1. The summed E-state index contributed by atoms with van der Waals surface area (Å²) in [7, 11) is 1.63. The molecule has 1 aromatic rings. The van der Waals surface area contributed by atoms with Crippen molar-refractivity contribution >= 4 is 18.2 Å². The molecule has 1 fully saturated rings. The molecule has 1 atom stereocenters. The Morgan fingerprint density at radius 3 is 2.28 bits per heavy atom. The van der Waals surface area contributed by atoms with Gasteiger partial charge in [0.2, 0.25) is 0 Å². The summed E-state index contributed by atoms with van der Waals surface area (Å²) in [6, 6.07) is 7.35. The summed E-state index contributed by atoms with van der Waals surface area (Å²) in [5.74, 6) is 0.991. The van der Waals surface area contributed by atoms with Crippen molar-refractivity contribution in [3.05, 3.63) is 29.8 Å². The van der Waals surface area contributed by atoms with Crippen LogP contribution in [0.4, 0.5) is 0 Å². The predicted octanol–water partition coefficient (Wildman–Crippen LogP) is 2.78. The zero-order chi connectivity index (χ0) is 12.3. The monoisotopic (exact) mass is 269 g/mol. The van der Waals surface area contributed by atoms with E-state index < -0.39 is 0 Å². The van der Waals surface area contributed by atoms with Crippen molar-refractivity contribution in [2.75, 3.05) is 20.2 Å². The molecule has 18 heavy (non-hydrogen) atoms. The number of likely N-dealkylation sites (tertiary alicyclic amines) is 1. The van der Waals surface area contributed by atoms with Gasteiger partial charge < -0.3 is 4.74 Å². The van der Waals surface area contributed by atoms with E-state index >= 15 is 0 Å². The maximum Gasteiger partial charge on any atom is 0.179 e. The Labute approximate surface area is 115 Å². The van der Waals surface area contributed by atoms with E-state index in [1.54, 1.807) is 7.11 Å². The molecule has 1 aliphatic rings. The van der Waals surface area contributed by atoms with Crippen molar-refractivity contribution in [1.29, 1.82) is 0 Å². The van der Waals surface area contributed by atoms with Crippen LogP contribution in [0.5, 0.6) is 5.75 Å². The van der Waals surface area contributed by atoms with Crippen LogP contribution >= 0.6 is 12.4 Å². The second-order valence-corrected chi connectivity index (χ2v) is 4.51. The Morgan fingerprint density at radius 2 is 1.78 bits per heavy atom. The van der Waals surface area contributed by atoms with E-state index in [1.807, 2.05) is 31.2 Å². The van der Waals surface area contributed by atoms with Crippen LogP contribution in [0.2, 0.25) is 0 Å². The highest BCUT2D eigenvalue weighted by Gasteiger charge is 2.24. The summed E-state index contributed by atoms with van der Waals surface area (Å²) in [5, 5.41) is 0. The molecule has 1 aromatic carbocycles. The largest absolute Gasteiger partial charge is 0.497 e. The van der Waals surface area contributed by atoms with Crippen LogP contribution in [0.1, 0.15) is 30.1 Å². The van der Waals surface area contributed by atoms with Crippen LogP contribution in [0.15, 0.2) is 24.3 Å². The molecule has 3 nitrogen and oxygen atoms in total. The molecular formula is C14H20ClNO2. The average Bonchev–Trinajstić information content (AvgIpc) is 2.91. The Morgan fingerprint density at radius 1 is 1.22 bits per heavy atom. The van der Waals surface area contributed by atoms with Crippen LogP contribution in [0.25, 0.3) is 0 Å². The number of nitrogens with zero attached hydrogens (tertiary/aromatic N) is 1. The lowest BCUT2D eigenvalue weighted by molar-refractivity contribution is 0.0867. The molecule has 0 saturated carbocycles. The van der Waals surface area contributed by atoms with Crippen LogP contribution in [-0.4, -0.2) is 36.9 Å². The molecule has 0 radical (unpaired) electrons. The molecule has 0 amide bonds. The maximum atomic E-state index is 12.2. The first-order valence-electron chi connectivity index (χ1n) is 6.14. The van der Waals surface area contributed by atoms with Gasteiger partial charge in [-0.1, -0.05) is 0 Å². The first-order chi connectivity index (χ1) is 8.22. The fourth-order valence-corrected chi connectivity index (χ4v) is 2.29. The predicted molar refractivity (Wildman–Crippen MR) is 74.8 cm³/mol. The molecule has 1 saturated heterocycles. The standard InChI is InChI=1S/C14H19NO2.ClH/c1-11(15-9-3-4-10-15)14(16)12-5-7-13(17-2)8-6-12;/h5-8,11H,3-4,9-10H2,1-2H3;1H. The number of halogens is 1. The summed E-state index contributed by atoms with van der Waals surface area (Å²) in [5.41, 5.74) is 0.769. The summed E-state index contributed by atoms with van der Waals surface area (Å²) < 4.78 is 5.09. The SMILES string of the molecule is COc1ccc(C(=O)C(C)N2CCCC2)cc1.Cl. The van der Waals surface area contributed by atoms with Gasteiger partial charge in [0, 0.05) is 5.56 Å². The number of carbonyl (C=O) groups is 1. The second-order valence-electron chi connectivity index (χ2n) is 4.51. The van der Waals surface area contributed by atoms with E-state index in [2.05, 4.69) is 4.90 Å². The lowest BCUT2D eigenvalue weighted by Crippen LogP contribution is -2.36. The van der Waals surface area contributed by atoms with Gasteiger partial charge >= 0.3 is 0 Å². The number of hydrogen-bond acceptors (Lipinski definition) is 3. The molecule has 4 heteroatoms. The first kappa shape index (κ1) is 15.0. The smallest absolute Gasteiger partial charge is 0.179 e. The van der Waals surface area contributed by atoms with E-state index in [-0.39, 0.29) is 24.2 Å². The second kappa shape index (κ2) is 6.76. The van der Waals surface area contributed by atoms with Gasteiger partial charge in [-0.3, -0.25) is 9.69 Å². The molecule has 0 aliphatic carbocycles. The molecule has 0 aromatic heterocycles. The van der Waals surface area contributed by atoms with E-state index in [4.69, 9.17) is 4.74 Å². The third-order valence-electron chi connectivity index (χ3n) is 3.44. The highest BCUT2D eigenvalue weighted by Crippen LogP contribution is 2.17. The van der Waals surface area contributed by atoms with Gasteiger partial charge in [-0.25, -0.2) is 0 Å². The van der Waals surface area contributed by atoms with Crippen molar-refractivity contribution in [2.45, 2.75) is 25.8 Å². The van der Waals surface area contributed by atoms with Crippen molar-refractivity contribution < 1.29 is 9.53 Å². The van der Waals surface area contributed by atoms with Crippen molar-refractivity contribution in [2.24, 2.45) is 0 Å². The lowest BCUT2D eigenvalue weighted by Gasteiger charge is -2.22. The molecule has 100 valence electrons. The minimum Gasteiger partial charge on any atom is -0.497 e.